The molecule has 0 bridgehead atoms. The summed E-state index contributed by atoms with van der Waals surface area (Å²) in [6.45, 7) is 2.74. The van der Waals surface area contributed by atoms with Crippen LogP contribution in [-0.4, -0.2) is 12.8 Å². The Balaban J connectivity index is 1.84. The zero-order valence-electron chi connectivity index (χ0n) is 13.9. The molecule has 134 valence electrons. The van der Waals surface area contributed by atoms with Crippen molar-refractivity contribution in [1.29, 1.82) is 0 Å². The van der Waals surface area contributed by atoms with Gasteiger partial charge in [-0.15, -0.1) is 0 Å². The molecule has 1 nitrogen and oxygen atoms in total. The van der Waals surface area contributed by atoms with Crippen LogP contribution in [0, 0.1) is 17.7 Å². The summed E-state index contributed by atoms with van der Waals surface area (Å²) in [5.74, 6) is 0.960. The van der Waals surface area contributed by atoms with Crippen molar-refractivity contribution in [2.45, 2.75) is 51.6 Å². The quantitative estimate of drug-likeness (QED) is 0.544. The lowest BCUT2D eigenvalue weighted by atomic mass is 9.80. The van der Waals surface area contributed by atoms with Gasteiger partial charge in [-0.1, -0.05) is 32.6 Å². The highest BCUT2D eigenvalue weighted by molar-refractivity contribution is 5.52. The summed E-state index contributed by atoms with van der Waals surface area (Å²) < 4.78 is 55.8. The third-order valence-corrected chi connectivity index (χ3v) is 4.57. The fourth-order valence-electron chi connectivity index (χ4n) is 3.23. The largest absolute Gasteiger partial charge is 0.493 e. The van der Waals surface area contributed by atoms with Crippen LogP contribution in [0.25, 0.3) is 6.08 Å². The molecule has 0 N–H and O–H groups in total. The summed E-state index contributed by atoms with van der Waals surface area (Å²) in [5, 5.41) is 0. The minimum absolute atomic E-state index is 0.0285. The fraction of sp³-hybridized carbons (Fsp3) is 0.579. The molecule has 1 aromatic rings. The van der Waals surface area contributed by atoms with Gasteiger partial charge < -0.3 is 4.74 Å². The highest BCUT2D eigenvalue weighted by Crippen LogP contribution is 2.32. The fourth-order valence-corrected chi connectivity index (χ4v) is 3.23. The molecule has 0 atom stereocenters. The smallest absolute Gasteiger partial charge is 0.409 e. The zero-order valence-corrected chi connectivity index (χ0v) is 13.9. The summed E-state index contributed by atoms with van der Waals surface area (Å²) in [7, 11) is 0. The maximum absolute atomic E-state index is 13.8. The SMILES string of the molecule is CCCC1CCC(COc2ccc(C=CC(F)(F)F)c(F)c2)CC1. The minimum atomic E-state index is -4.45. The van der Waals surface area contributed by atoms with Crippen LogP contribution >= 0.6 is 0 Å². The van der Waals surface area contributed by atoms with Gasteiger partial charge in [-0.3, -0.25) is 0 Å². The predicted molar refractivity (Wildman–Crippen MR) is 87.3 cm³/mol. The highest BCUT2D eigenvalue weighted by Gasteiger charge is 2.22. The average molecular weight is 344 g/mol. The Morgan fingerprint density at radius 3 is 2.38 bits per heavy atom. The number of benzene rings is 1. The van der Waals surface area contributed by atoms with Crippen molar-refractivity contribution < 1.29 is 22.3 Å². The van der Waals surface area contributed by atoms with Crippen molar-refractivity contribution >= 4 is 6.08 Å². The van der Waals surface area contributed by atoms with Gasteiger partial charge in [0.25, 0.3) is 0 Å². The van der Waals surface area contributed by atoms with Gasteiger partial charge in [0.2, 0.25) is 0 Å². The molecule has 0 unspecified atom stereocenters. The van der Waals surface area contributed by atoms with Crippen molar-refractivity contribution in [1.82, 2.24) is 0 Å². The number of hydrogen-bond acceptors (Lipinski definition) is 1. The van der Waals surface area contributed by atoms with Crippen molar-refractivity contribution in [3.8, 4) is 5.75 Å². The minimum Gasteiger partial charge on any atom is -0.493 e. The Morgan fingerprint density at radius 2 is 1.79 bits per heavy atom. The van der Waals surface area contributed by atoms with Crippen molar-refractivity contribution in [3.05, 3.63) is 35.7 Å². The predicted octanol–water partition coefficient (Wildman–Crippen LogP) is 6.39. The molecule has 24 heavy (non-hydrogen) atoms. The molecule has 0 spiro atoms. The van der Waals surface area contributed by atoms with E-state index in [0.29, 0.717) is 18.3 Å². The highest BCUT2D eigenvalue weighted by atomic mass is 19.4. The summed E-state index contributed by atoms with van der Waals surface area (Å²) in [5.41, 5.74) is -0.0975. The van der Waals surface area contributed by atoms with Crippen molar-refractivity contribution in [3.63, 3.8) is 0 Å². The van der Waals surface area contributed by atoms with Gasteiger partial charge in [-0.25, -0.2) is 4.39 Å². The van der Waals surface area contributed by atoms with Crippen LogP contribution in [-0.2, 0) is 0 Å². The Hall–Kier alpha value is -1.52. The molecule has 0 radical (unpaired) electrons. The van der Waals surface area contributed by atoms with Crippen molar-refractivity contribution in [2.75, 3.05) is 6.61 Å². The Labute approximate surface area is 140 Å². The zero-order chi connectivity index (χ0) is 17.6. The number of ether oxygens (including phenoxy) is 1. The molecule has 1 fully saturated rings. The van der Waals surface area contributed by atoms with Gasteiger partial charge in [0, 0.05) is 17.7 Å². The standard InChI is InChI=1S/C19H24F4O/c1-2-3-14-4-6-15(7-5-14)13-24-17-9-8-16(18(20)12-17)10-11-19(21,22)23/h8-12,14-15H,2-7,13H2,1H3. The van der Waals surface area contributed by atoms with Crippen LogP contribution in [0.4, 0.5) is 17.6 Å². The number of alkyl halides is 3. The molecule has 1 aliphatic carbocycles. The maximum atomic E-state index is 13.8. The number of halogens is 4. The second-order valence-electron chi connectivity index (χ2n) is 6.54. The lowest BCUT2D eigenvalue weighted by Crippen LogP contribution is -2.20. The Bertz CT molecular complexity index is 543. The lowest BCUT2D eigenvalue weighted by molar-refractivity contribution is -0.0790. The van der Waals surface area contributed by atoms with E-state index in [-0.39, 0.29) is 11.6 Å². The number of hydrogen-bond donors (Lipinski definition) is 0. The van der Waals surface area contributed by atoms with E-state index in [9.17, 15) is 17.6 Å². The van der Waals surface area contributed by atoms with E-state index < -0.39 is 12.0 Å². The van der Waals surface area contributed by atoms with E-state index in [2.05, 4.69) is 6.92 Å². The van der Waals surface area contributed by atoms with Crippen LogP contribution in [0.5, 0.6) is 5.75 Å². The third kappa shape index (κ3) is 6.17. The van der Waals surface area contributed by atoms with E-state index in [1.54, 1.807) is 0 Å². The summed E-state index contributed by atoms with van der Waals surface area (Å²) >= 11 is 0. The van der Waals surface area contributed by atoms with E-state index >= 15 is 0 Å². The molecule has 0 heterocycles. The van der Waals surface area contributed by atoms with Gasteiger partial charge in [-0.05, 0) is 42.9 Å². The van der Waals surface area contributed by atoms with Crippen LogP contribution in [0.15, 0.2) is 24.3 Å². The molecule has 0 aliphatic heterocycles. The topological polar surface area (TPSA) is 9.23 Å². The first-order chi connectivity index (χ1) is 11.4. The van der Waals surface area contributed by atoms with Gasteiger partial charge in [0.15, 0.2) is 0 Å². The first-order valence-corrected chi connectivity index (χ1v) is 8.55. The van der Waals surface area contributed by atoms with Crippen molar-refractivity contribution in [2.24, 2.45) is 11.8 Å². The van der Waals surface area contributed by atoms with Crippen LogP contribution < -0.4 is 4.74 Å². The molecule has 0 amide bonds. The molecular formula is C19H24F4O. The Kier molecular flexibility index (Phi) is 6.69. The monoisotopic (exact) mass is 344 g/mol. The second kappa shape index (κ2) is 8.54. The summed E-state index contributed by atoms with van der Waals surface area (Å²) in [4.78, 5) is 0. The van der Waals surface area contributed by atoms with Gasteiger partial charge >= 0.3 is 6.18 Å². The first-order valence-electron chi connectivity index (χ1n) is 8.55. The summed E-state index contributed by atoms with van der Waals surface area (Å²) in [6.07, 6.45) is 3.51. The van der Waals surface area contributed by atoms with Crippen LogP contribution in [0.3, 0.4) is 0 Å². The van der Waals surface area contributed by atoms with Crippen LogP contribution in [0.1, 0.15) is 51.0 Å². The van der Waals surface area contributed by atoms with Gasteiger partial charge in [0.05, 0.1) is 6.61 Å². The van der Waals surface area contributed by atoms with E-state index in [1.807, 2.05) is 0 Å². The normalized spacial score (nSPS) is 22.0. The molecule has 0 aromatic heterocycles. The summed E-state index contributed by atoms with van der Waals surface area (Å²) in [6, 6.07) is 3.98. The van der Waals surface area contributed by atoms with Gasteiger partial charge in [0.1, 0.15) is 11.6 Å². The lowest BCUT2D eigenvalue weighted by Gasteiger charge is -2.28. The molecule has 5 heteroatoms. The Morgan fingerprint density at radius 1 is 1.12 bits per heavy atom. The molecule has 1 saturated carbocycles. The first kappa shape index (κ1) is 18.8. The molecular weight excluding hydrogens is 320 g/mol. The van der Waals surface area contributed by atoms with Gasteiger partial charge in [-0.2, -0.15) is 13.2 Å². The molecule has 0 saturated heterocycles. The van der Waals surface area contributed by atoms with E-state index in [4.69, 9.17) is 4.74 Å². The maximum Gasteiger partial charge on any atom is 0.409 e. The average Bonchev–Trinajstić information content (AvgIpc) is 2.53. The molecule has 1 aliphatic rings. The second-order valence-corrected chi connectivity index (χ2v) is 6.54. The number of rotatable bonds is 6. The number of allylic oxidation sites excluding steroid dienone is 1. The third-order valence-electron chi connectivity index (χ3n) is 4.57. The van der Waals surface area contributed by atoms with Crippen LogP contribution in [0.2, 0.25) is 0 Å². The molecule has 2 rings (SSSR count). The van der Waals surface area contributed by atoms with E-state index in [1.165, 1.54) is 37.8 Å². The molecule has 1 aromatic carbocycles. The van der Waals surface area contributed by atoms with E-state index in [0.717, 1.165) is 30.9 Å².